The fraction of sp³-hybridized carbons (Fsp3) is 0.395. The third-order valence-corrected chi connectivity index (χ3v) is 7.58. The lowest BCUT2D eigenvalue weighted by atomic mass is 9.98. The maximum absolute atomic E-state index is 14.7. The number of nitrogens with zero attached hydrogens (tertiary/aromatic N) is 1. The number of hydrogen-bond acceptors (Lipinski definition) is 5. The summed E-state index contributed by atoms with van der Waals surface area (Å²) in [4.78, 5) is 43.7. The average molecular weight is 626 g/mol. The Balaban J connectivity index is 2.12. The number of rotatable bonds is 13. The second kappa shape index (κ2) is 16.5. The van der Waals surface area contributed by atoms with E-state index >= 15 is 0 Å². The Morgan fingerprint density at radius 1 is 0.935 bits per heavy atom. The van der Waals surface area contributed by atoms with Crippen LogP contribution in [0, 0.1) is 26.2 Å². The van der Waals surface area contributed by atoms with E-state index in [9.17, 15) is 19.5 Å². The molecule has 46 heavy (non-hydrogen) atoms. The number of hydrogen-bond donors (Lipinski definition) is 3. The Bertz CT molecular complexity index is 1500. The first-order chi connectivity index (χ1) is 21.8. The molecule has 244 valence electrons. The number of amides is 3. The van der Waals surface area contributed by atoms with Gasteiger partial charge in [-0.25, -0.2) is 4.79 Å². The van der Waals surface area contributed by atoms with E-state index in [0.29, 0.717) is 28.8 Å². The molecule has 3 rings (SSSR count). The zero-order chi connectivity index (χ0) is 33.9. The molecule has 8 heteroatoms. The van der Waals surface area contributed by atoms with Gasteiger partial charge in [-0.2, -0.15) is 0 Å². The minimum atomic E-state index is -1.06. The zero-order valence-electron chi connectivity index (χ0n) is 27.9. The number of anilines is 1. The maximum Gasteiger partial charge on any atom is 0.408 e. The number of ether oxygens (including phenoxy) is 1. The Morgan fingerprint density at radius 3 is 2.13 bits per heavy atom. The molecule has 3 aromatic carbocycles. The molecule has 0 aromatic heterocycles. The molecule has 0 heterocycles. The number of carbonyl (C=O) groups is 3. The highest BCUT2D eigenvalue weighted by Crippen LogP contribution is 2.28. The van der Waals surface area contributed by atoms with Crippen LogP contribution in [0.2, 0.25) is 0 Å². The second-order valence-electron chi connectivity index (χ2n) is 12.6. The van der Waals surface area contributed by atoms with E-state index in [2.05, 4.69) is 23.5 Å². The number of benzene rings is 3. The summed E-state index contributed by atoms with van der Waals surface area (Å²) in [5, 5.41) is 15.7. The summed E-state index contributed by atoms with van der Waals surface area (Å²) in [6.07, 6.45) is 8.50. The van der Waals surface area contributed by atoms with Gasteiger partial charge < -0.3 is 25.4 Å². The van der Waals surface area contributed by atoms with Crippen molar-refractivity contribution in [2.75, 3.05) is 11.9 Å². The van der Waals surface area contributed by atoms with Crippen LogP contribution in [-0.4, -0.2) is 46.1 Å². The van der Waals surface area contributed by atoms with Gasteiger partial charge >= 0.3 is 6.09 Å². The fourth-order valence-corrected chi connectivity index (χ4v) is 5.23. The number of terminal acetylenes is 1. The van der Waals surface area contributed by atoms with Crippen LogP contribution < -0.4 is 10.6 Å². The van der Waals surface area contributed by atoms with Crippen molar-refractivity contribution in [1.29, 1.82) is 0 Å². The van der Waals surface area contributed by atoms with Crippen LogP contribution >= 0.6 is 0 Å². The fourth-order valence-electron chi connectivity index (χ4n) is 5.23. The number of phenolic OH excluding ortho intramolecular Hbond substituents is 1. The van der Waals surface area contributed by atoms with Crippen molar-refractivity contribution < 1.29 is 24.2 Å². The van der Waals surface area contributed by atoms with Gasteiger partial charge in [0.15, 0.2) is 0 Å². The van der Waals surface area contributed by atoms with Crippen LogP contribution in [0.25, 0.3) is 0 Å². The molecular weight excluding hydrogens is 578 g/mol. The van der Waals surface area contributed by atoms with Crippen LogP contribution in [-0.2, 0) is 20.7 Å². The molecule has 0 saturated carbocycles. The van der Waals surface area contributed by atoms with Gasteiger partial charge in [-0.15, -0.1) is 6.42 Å². The van der Waals surface area contributed by atoms with Gasteiger partial charge in [-0.1, -0.05) is 74.6 Å². The predicted molar refractivity (Wildman–Crippen MR) is 182 cm³/mol. The lowest BCUT2D eigenvalue weighted by molar-refractivity contribution is -0.140. The lowest BCUT2D eigenvalue weighted by Crippen LogP contribution is -2.53. The van der Waals surface area contributed by atoms with Crippen LogP contribution in [0.1, 0.15) is 87.2 Å². The molecule has 0 aliphatic heterocycles. The summed E-state index contributed by atoms with van der Waals surface area (Å²) < 4.78 is 5.53. The lowest BCUT2D eigenvalue weighted by Gasteiger charge is -2.35. The summed E-state index contributed by atoms with van der Waals surface area (Å²) >= 11 is 0. The van der Waals surface area contributed by atoms with E-state index in [4.69, 9.17) is 11.2 Å². The first-order valence-electron chi connectivity index (χ1n) is 15.8. The molecule has 0 fully saturated rings. The quantitative estimate of drug-likeness (QED) is 0.137. The molecular formula is C38H47N3O5. The predicted octanol–water partition coefficient (Wildman–Crippen LogP) is 7.22. The number of carbonyl (C=O) groups excluding carboxylic acids is 3. The molecule has 0 spiro atoms. The molecule has 3 amide bonds. The molecule has 3 aromatic rings. The molecule has 2 unspecified atom stereocenters. The smallest absolute Gasteiger partial charge is 0.408 e. The van der Waals surface area contributed by atoms with E-state index in [1.54, 1.807) is 62.1 Å². The van der Waals surface area contributed by atoms with Gasteiger partial charge in [0.2, 0.25) is 5.91 Å². The van der Waals surface area contributed by atoms with Gasteiger partial charge in [0.25, 0.3) is 5.91 Å². The normalized spacial score (nSPS) is 12.4. The van der Waals surface area contributed by atoms with Crippen LogP contribution in [0.3, 0.4) is 0 Å². The van der Waals surface area contributed by atoms with E-state index in [1.165, 1.54) is 12.1 Å². The highest BCUT2D eigenvalue weighted by atomic mass is 16.6. The largest absolute Gasteiger partial charge is 0.508 e. The highest BCUT2D eigenvalue weighted by Gasteiger charge is 2.36. The summed E-state index contributed by atoms with van der Waals surface area (Å²) in [7, 11) is 0. The monoisotopic (exact) mass is 625 g/mol. The number of phenols is 1. The Kier molecular flexibility index (Phi) is 12.8. The van der Waals surface area contributed by atoms with Crippen LogP contribution in [0.4, 0.5) is 10.5 Å². The van der Waals surface area contributed by atoms with E-state index < -0.39 is 29.7 Å². The number of para-hydroxylation sites is 1. The van der Waals surface area contributed by atoms with E-state index in [1.807, 2.05) is 32.0 Å². The third-order valence-electron chi connectivity index (χ3n) is 7.58. The van der Waals surface area contributed by atoms with Crippen molar-refractivity contribution in [2.24, 2.45) is 0 Å². The molecule has 0 aliphatic carbocycles. The topological polar surface area (TPSA) is 108 Å². The summed E-state index contributed by atoms with van der Waals surface area (Å²) in [6, 6.07) is 17.2. The van der Waals surface area contributed by atoms with Crippen LogP contribution in [0.5, 0.6) is 5.75 Å². The van der Waals surface area contributed by atoms with Crippen molar-refractivity contribution in [2.45, 2.75) is 91.3 Å². The first kappa shape index (κ1) is 35.7. The van der Waals surface area contributed by atoms with Crippen molar-refractivity contribution in [3.05, 3.63) is 94.5 Å². The molecule has 0 saturated heterocycles. The SMILES string of the molecule is C#Cc1ccc(C(C(=O)Nc2c(C)cccc2C)N(CCCCCC)C(=O)C(Cc2ccc(O)cc2)NC(=O)OC(C)(C)C)cc1. The van der Waals surface area contributed by atoms with E-state index in [-0.39, 0.29) is 24.6 Å². The summed E-state index contributed by atoms with van der Waals surface area (Å²) in [6.45, 7) is 11.5. The number of aryl methyl sites for hydroxylation is 2. The first-order valence-corrected chi connectivity index (χ1v) is 15.8. The molecule has 0 aliphatic rings. The van der Waals surface area contributed by atoms with Crippen molar-refractivity contribution in [3.8, 4) is 18.1 Å². The van der Waals surface area contributed by atoms with Crippen LogP contribution in [0.15, 0.2) is 66.7 Å². The van der Waals surface area contributed by atoms with Gasteiger partial charge in [0.05, 0.1) is 0 Å². The second-order valence-corrected chi connectivity index (χ2v) is 12.6. The summed E-state index contributed by atoms with van der Waals surface area (Å²) in [5.41, 5.74) is 3.64. The minimum absolute atomic E-state index is 0.0860. The number of nitrogens with one attached hydrogen (secondary N) is 2. The van der Waals surface area contributed by atoms with Gasteiger partial charge in [0.1, 0.15) is 23.4 Å². The summed E-state index contributed by atoms with van der Waals surface area (Å²) in [5.74, 6) is 1.88. The highest BCUT2D eigenvalue weighted by molar-refractivity contribution is 6.00. The Labute approximate surface area is 273 Å². The number of aromatic hydroxyl groups is 1. The minimum Gasteiger partial charge on any atom is -0.508 e. The van der Waals surface area contributed by atoms with Gasteiger partial charge in [-0.3, -0.25) is 9.59 Å². The van der Waals surface area contributed by atoms with Crippen molar-refractivity contribution >= 4 is 23.6 Å². The Morgan fingerprint density at radius 2 is 1.57 bits per heavy atom. The number of alkyl carbamates (subject to hydrolysis) is 1. The third kappa shape index (κ3) is 10.4. The molecule has 8 nitrogen and oxygen atoms in total. The van der Waals surface area contributed by atoms with E-state index in [0.717, 1.165) is 30.4 Å². The number of unbranched alkanes of at least 4 members (excludes halogenated alkanes) is 3. The van der Waals surface area contributed by atoms with Crippen molar-refractivity contribution in [3.63, 3.8) is 0 Å². The van der Waals surface area contributed by atoms with Gasteiger partial charge in [0, 0.05) is 24.2 Å². The molecule has 0 bridgehead atoms. The molecule has 2 atom stereocenters. The maximum atomic E-state index is 14.7. The average Bonchev–Trinajstić information content (AvgIpc) is 3.00. The van der Waals surface area contributed by atoms with Crippen molar-refractivity contribution in [1.82, 2.24) is 10.2 Å². The zero-order valence-corrected chi connectivity index (χ0v) is 27.9. The van der Waals surface area contributed by atoms with Gasteiger partial charge in [-0.05, 0) is 87.6 Å². The standard InChI is InChI=1S/C38H47N3O5/c1-8-10-11-12-24-41(36(44)32(39-37(45)46-38(5,6)7)25-29-18-22-31(42)23-19-29)34(30-20-16-28(9-2)17-21-30)35(43)40-33-26(3)14-13-15-27(33)4/h2,13-23,32,34,42H,8,10-12,24-25H2,1,3-7H3,(H,39,45)(H,40,43). The molecule has 0 radical (unpaired) electrons. The molecule has 3 N–H and O–H groups in total. The Hall–Kier alpha value is -4.77.